The molecule has 0 amide bonds. The first-order chi connectivity index (χ1) is 13.0. The Morgan fingerprint density at radius 3 is 2.33 bits per heavy atom. The predicted octanol–water partition coefficient (Wildman–Crippen LogP) is 5.68. The summed E-state index contributed by atoms with van der Waals surface area (Å²) in [6.45, 7) is 6.03. The van der Waals surface area contributed by atoms with E-state index in [0.29, 0.717) is 0 Å². The lowest BCUT2D eigenvalue weighted by Crippen LogP contribution is -2.08. The van der Waals surface area contributed by atoms with Gasteiger partial charge in [0.15, 0.2) is 11.0 Å². The third-order valence-electron chi connectivity index (χ3n) is 4.51. The SMILES string of the molecule is Cc1ccc(Sc2c(C)nn([S@](=O)c3ccc4ccccc4c3)c2C)cc1. The van der Waals surface area contributed by atoms with Gasteiger partial charge < -0.3 is 0 Å². The summed E-state index contributed by atoms with van der Waals surface area (Å²) in [5.41, 5.74) is 3.05. The average Bonchev–Trinajstić information content (AvgIpc) is 2.97. The molecule has 0 aliphatic carbocycles. The van der Waals surface area contributed by atoms with Crippen LogP contribution in [0.25, 0.3) is 10.8 Å². The van der Waals surface area contributed by atoms with Crippen LogP contribution in [0.4, 0.5) is 0 Å². The lowest BCUT2D eigenvalue weighted by molar-refractivity contribution is 0.668. The third-order valence-corrected chi connectivity index (χ3v) is 7.14. The maximum atomic E-state index is 13.2. The summed E-state index contributed by atoms with van der Waals surface area (Å²) in [6, 6.07) is 22.4. The van der Waals surface area contributed by atoms with Gasteiger partial charge in [0, 0.05) is 4.90 Å². The molecule has 0 bridgehead atoms. The Morgan fingerprint density at radius 2 is 1.59 bits per heavy atom. The Balaban J connectivity index is 1.68. The van der Waals surface area contributed by atoms with Gasteiger partial charge in [-0.1, -0.05) is 59.8 Å². The molecular formula is C22H20N2OS2. The topological polar surface area (TPSA) is 34.9 Å². The second-order valence-electron chi connectivity index (χ2n) is 6.55. The largest absolute Gasteiger partial charge is 0.229 e. The molecule has 0 saturated heterocycles. The van der Waals surface area contributed by atoms with Crippen molar-refractivity contribution in [2.75, 3.05) is 0 Å². The maximum Gasteiger partial charge on any atom is 0.173 e. The molecule has 3 nitrogen and oxygen atoms in total. The number of rotatable bonds is 4. The van der Waals surface area contributed by atoms with Gasteiger partial charge in [0.2, 0.25) is 0 Å². The Morgan fingerprint density at radius 1 is 0.889 bits per heavy atom. The van der Waals surface area contributed by atoms with Crippen LogP contribution in [0.1, 0.15) is 17.0 Å². The summed E-state index contributed by atoms with van der Waals surface area (Å²) < 4.78 is 14.8. The van der Waals surface area contributed by atoms with Crippen LogP contribution in [0.5, 0.6) is 0 Å². The van der Waals surface area contributed by atoms with Gasteiger partial charge in [-0.15, -0.1) is 0 Å². The van der Waals surface area contributed by atoms with Gasteiger partial charge in [0.1, 0.15) is 0 Å². The monoisotopic (exact) mass is 392 g/mol. The molecule has 1 heterocycles. The molecule has 0 saturated carbocycles. The number of fused-ring (bicyclic) bond motifs is 1. The van der Waals surface area contributed by atoms with Gasteiger partial charge in [0.25, 0.3) is 0 Å². The Kier molecular flexibility index (Phi) is 4.89. The highest BCUT2D eigenvalue weighted by molar-refractivity contribution is 7.99. The van der Waals surface area contributed by atoms with Gasteiger partial charge in [-0.3, -0.25) is 0 Å². The standard InChI is InChI=1S/C22H20N2OS2/c1-15-8-11-20(12-9-15)26-22-16(2)23-24(17(22)3)27(25)21-13-10-18-6-4-5-7-19(18)14-21/h4-14H,1-3H3/t27-/m1/s1. The van der Waals surface area contributed by atoms with Crippen molar-refractivity contribution in [3.63, 3.8) is 0 Å². The summed E-state index contributed by atoms with van der Waals surface area (Å²) in [7, 11) is -1.37. The Bertz CT molecular complexity index is 1150. The average molecular weight is 393 g/mol. The molecule has 0 unspecified atom stereocenters. The maximum absolute atomic E-state index is 13.2. The zero-order valence-corrected chi connectivity index (χ0v) is 17.1. The minimum atomic E-state index is -1.37. The summed E-state index contributed by atoms with van der Waals surface area (Å²) in [6.07, 6.45) is 0. The molecule has 0 aliphatic rings. The number of nitrogens with zero attached hydrogens (tertiary/aromatic N) is 2. The summed E-state index contributed by atoms with van der Waals surface area (Å²) in [4.78, 5) is 2.97. The number of hydrogen-bond acceptors (Lipinski definition) is 3. The molecule has 0 fully saturated rings. The van der Waals surface area contributed by atoms with Crippen LogP contribution in [0.15, 0.2) is 81.4 Å². The summed E-state index contributed by atoms with van der Waals surface area (Å²) >= 11 is 1.67. The smallest absolute Gasteiger partial charge is 0.173 e. The molecule has 3 aromatic carbocycles. The fourth-order valence-electron chi connectivity index (χ4n) is 3.01. The van der Waals surface area contributed by atoms with Crippen LogP contribution in [0.3, 0.4) is 0 Å². The van der Waals surface area contributed by atoms with Crippen LogP contribution >= 0.6 is 11.8 Å². The molecule has 0 N–H and O–H groups in total. The molecule has 5 heteroatoms. The predicted molar refractivity (Wildman–Crippen MR) is 113 cm³/mol. The van der Waals surface area contributed by atoms with E-state index in [4.69, 9.17) is 0 Å². The van der Waals surface area contributed by atoms with Crippen molar-refractivity contribution in [2.45, 2.75) is 35.5 Å². The minimum absolute atomic E-state index is 0.756. The van der Waals surface area contributed by atoms with E-state index in [0.717, 1.165) is 36.8 Å². The Hall–Kier alpha value is -2.37. The first kappa shape index (κ1) is 18.0. The van der Waals surface area contributed by atoms with Crippen molar-refractivity contribution < 1.29 is 4.21 Å². The zero-order valence-electron chi connectivity index (χ0n) is 15.5. The van der Waals surface area contributed by atoms with Gasteiger partial charge in [0.05, 0.1) is 21.2 Å². The van der Waals surface area contributed by atoms with Crippen molar-refractivity contribution in [1.82, 2.24) is 9.19 Å². The lowest BCUT2D eigenvalue weighted by atomic mass is 10.1. The van der Waals surface area contributed by atoms with Crippen molar-refractivity contribution in [2.24, 2.45) is 0 Å². The van der Waals surface area contributed by atoms with Crippen LogP contribution in [0.2, 0.25) is 0 Å². The molecule has 0 aliphatic heterocycles. The fraction of sp³-hybridized carbons (Fsp3) is 0.136. The minimum Gasteiger partial charge on any atom is -0.229 e. The van der Waals surface area contributed by atoms with Crippen LogP contribution in [-0.4, -0.2) is 13.4 Å². The molecule has 0 radical (unpaired) electrons. The van der Waals surface area contributed by atoms with E-state index in [1.54, 1.807) is 15.8 Å². The van der Waals surface area contributed by atoms with Gasteiger partial charge >= 0.3 is 0 Å². The van der Waals surface area contributed by atoms with E-state index in [1.807, 2.05) is 50.2 Å². The molecule has 4 aromatic rings. The molecule has 0 spiro atoms. The second kappa shape index (κ2) is 7.33. The van der Waals surface area contributed by atoms with E-state index in [9.17, 15) is 4.21 Å². The van der Waals surface area contributed by atoms with E-state index in [2.05, 4.69) is 42.4 Å². The lowest BCUT2D eigenvalue weighted by Gasteiger charge is -2.07. The van der Waals surface area contributed by atoms with Gasteiger partial charge in [-0.25, -0.2) is 4.21 Å². The highest BCUT2D eigenvalue weighted by Crippen LogP contribution is 2.33. The Labute approximate surface area is 166 Å². The van der Waals surface area contributed by atoms with E-state index in [-0.39, 0.29) is 0 Å². The van der Waals surface area contributed by atoms with E-state index in [1.165, 1.54) is 5.56 Å². The number of hydrogen-bond donors (Lipinski definition) is 0. The van der Waals surface area contributed by atoms with Crippen LogP contribution in [0, 0.1) is 20.8 Å². The van der Waals surface area contributed by atoms with Gasteiger partial charge in [-0.05, 0) is 55.8 Å². The number of benzene rings is 3. The normalized spacial score (nSPS) is 12.4. The van der Waals surface area contributed by atoms with Crippen molar-refractivity contribution in [3.05, 3.63) is 83.7 Å². The van der Waals surface area contributed by atoms with Crippen LogP contribution in [-0.2, 0) is 11.0 Å². The van der Waals surface area contributed by atoms with Crippen molar-refractivity contribution in [3.8, 4) is 0 Å². The highest BCUT2D eigenvalue weighted by atomic mass is 32.2. The highest BCUT2D eigenvalue weighted by Gasteiger charge is 2.18. The quantitative estimate of drug-likeness (QED) is 0.448. The second-order valence-corrected chi connectivity index (χ2v) is 8.95. The third kappa shape index (κ3) is 3.57. The molecule has 1 atom stereocenters. The summed E-state index contributed by atoms with van der Waals surface area (Å²) in [5, 5.41) is 6.80. The zero-order chi connectivity index (χ0) is 19.0. The first-order valence-corrected chi connectivity index (χ1v) is 10.7. The van der Waals surface area contributed by atoms with Crippen molar-refractivity contribution >= 4 is 33.5 Å². The van der Waals surface area contributed by atoms with E-state index >= 15 is 0 Å². The molecule has 4 rings (SSSR count). The fourth-order valence-corrected chi connectivity index (χ4v) is 5.15. The van der Waals surface area contributed by atoms with Crippen molar-refractivity contribution in [1.29, 1.82) is 0 Å². The van der Waals surface area contributed by atoms with E-state index < -0.39 is 11.0 Å². The number of aromatic nitrogens is 2. The number of aryl methyl sites for hydroxylation is 2. The van der Waals surface area contributed by atoms with Gasteiger partial charge in [-0.2, -0.15) is 9.19 Å². The first-order valence-electron chi connectivity index (χ1n) is 8.75. The molecule has 1 aromatic heterocycles. The van der Waals surface area contributed by atoms with Crippen LogP contribution < -0.4 is 0 Å². The molecule has 27 heavy (non-hydrogen) atoms. The summed E-state index contributed by atoms with van der Waals surface area (Å²) in [5.74, 6) is 0. The molecule has 136 valence electrons. The molecular weight excluding hydrogens is 372 g/mol.